The van der Waals surface area contributed by atoms with Gasteiger partial charge < -0.3 is 4.74 Å². The van der Waals surface area contributed by atoms with Crippen LogP contribution in [0.4, 0.5) is 14.5 Å². The summed E-state index contributed by atoms with van der Waals surface area (Å²) in [4.78, 5) is 0.00812. The second-order valence-electron chi connectivity index (χ2n) is 6.50. The summed E-state index contributed by atoms with van der Waals surface area (Å²) in [6.07, 6.45) is 0. The lowest BCUT2D eigenvalue weighted by atomic mass is 9.90. The molecule has 1 aliphatic heterocycles. The zero-order chi connectivity index (χ0) is 20.1. The van der Waals surface area contributed by atoms with Gasteiger partial charge in [-0.05, 0) is 42.3 Å². The Morgan fingerprint density at radius 3 is 2.50 bits per heavy atom. The number of benzene rings is 3. The van der Waals surface area contributed by atoms with E-state index in [1.54, 1.807) is 43.3 Å². The molecule has 0 N–H and O–H groups in total. The Bertz CT molecular complexity index is 1180. The summed E-state index contributed by atoms with van der Waals surface area (Å²) in [5.41, 5.74) is 1.14. The van der Waals surface area contributed by atoms with E-state index < -0.39 is 27.7 Å². The number of nitrogens with zero attached hydrogens (tertiary/aromatic N) is 1. The average Bonchev–Trinajstić information content (AvgIpc) is 2.70. The molecule has 28 heavy (non-hydrogen) atoms. The minimum Gasteiger partial charge on any atom is -0.497 e. The number of ether oxygens (including phenoxy) is 1. The maximum Gasteiger partial charge on any atom is 0.265 e. The molecular weight excluding hydrogens is 384 g/mol. The molecule has 0 aliphatic carbocycles. The molecule has 3 aromatic carbocycles. The molecule has 0 bridgehead atoms. The van der Waals surface area contributed by atoms with Crippen molar-refractivity contribution in [1.82, 2.24) is 0 Å². The average molecular weight is 401 g/mol. The normalized spacial score (nSPS) is 15.7. The number of hydrogen-bond donors (Lipinski definition) is 0. The Kier molecular flexibility index (Phi) is 4.34. The second kappa shape index (κ2) is 6.60. The first-order valence-corrected chi connectivity index (χ1v) is 10.1. The highest BCUT2D eigenvalue weighted by atomic mass is 32.2. The van der Waals surface area contributed by atoms with Crippen molar-refractivity contribution in [2.45, 2.75) is 17.9 Å². The zero-order valence-corrected chi connectivity index (χ0v) is 16.0. The fraction of sp³-hybridized carbons (Fsp3) is 0.143. The quantitative estimate of drug-likeness (QED) is 0.627. The molecule has 7 heteroatoms. The van der Waals surface area contributed by atoms with E-state index in [2.05, 4.69) is 0 Å². The van der Waals surface area contributed by atoms with E-state index in [4.69, 9.17) is 4.74 Å². The van der Waals surface area contributed by atoms with Crippen LogP contribution in [-0.2, 0) is 10.0 Å². The SMILES string of the molecule is COc1cccc(S(=O)(=O)N2c3ccc(F)c(F)c3-c3ccccc3C2C)c1. The Balaban J connectivity index is 2.00. The van der Waals surface area contributed by atoms with Crippen LogP contribution in [0.1, 0.15) is 18.5 Å². The minimum atomic E-state index is -4.07. The van der Waals surface area contributed by atoms with Crippen LogP contribution in [-0.4, -0.2) is 15.5 Å². The lowest BCUT2D eigenvalue weighted by molar-refractivity contribution is 0.413. The highest BCUT2D eigenvalue weighted by molar-refractivity contribution is 7.92. The lowest BCUT2D eigenvalue weighted by Gasteiger charge is -2.37. The standard InChI is InChI=1S/C21H17F2NO3S/c1-13-16-8-3-4-9-17(16)20-19(11-10-18(22)21(20)23)24(13)28(25,26)15-7-5-6-14(12-15)27-2/h3-13H,1-2H3. The van der Waals surface area contributed by atoms with E-state index in [-0.39, 0.29) is 16.1 Å². The molecule has 0 saturated heterocycles. The van der Waals surface area contributed by atoms with Crippen molar-refractivity contribution in [1.29, 1.82) is 0 Å². The molecule has 4 nitrogen and oxygen atoms in total. The first-order chi connectivity index (χ1) is 13.4. The molecule has 0 spiro atoms. The number of methoxy groups -OCH3 is 1. The van der Waals surface area contributed by atoms with Gasteiger partial charge in [-0.1, -0.05) is 30.3 Å². The van der Waals surface area contributed by atoms with Gasteiger partial charge in [0.05, 0.1) is 23.7 Å². The van der Waals surface area contributed by atoms with Gasteiger partial charge in [-0.3, -0.25) is 4.31 Å². The van der Waals surface area contributed by atoms with Gasteiger partial charge in [0.2, 0.25) is 0 Å². The van der Waals surface area contributed by atoms with Crippen LogP contribution >= 0.6 is 0 Å². The van der Waals surface area contributed by atoms with Crippen molar-refractivity contribution >= 4 is 15.7 Å². The highest BCUT2D eigenvalue weighted by Crippen LogP contribution is 2.48. The largest absolute Gasteiger partial charge is 0.497 e. The minimum absolute atomic E-state index is 0.00812. The van der Waals surface area contributed by atoms with E-state index in [1.165, 1.54) is 25.3 Å². The predicted octanol–water partition coefficient (Wildman–Crippen LogP) is 4.91. The maximum absolute atomic E-state index is 14.8. The number of sulfonamides is 1. The molecule has 0 saturated carbocycles. The van der Waals surface area contributed by atoms with Gasteiger partial charge in [-0.2, -0.15) is 0 Å². The van der Waals surface area contributed by atoms with Crippen molar-refractivity contribution in [3.8, 4) is 16.9 Å². The Morgan fingerprint density at radius 1 is 1.00 bits per heavy atom. The molecule has 1 heterocycles. The third-order valence-corrected chi connectivity index (χ3v) is 6.82. The van der Waals surface area contributed by atoms with Crippen molar-refractivity contribution < 1.29 is 21.9 Å². The van der Waals surface area contributed by atoms with Crippen LogP contribution in [0.25, 0.3) is 11.1 Å². The summed E-state index contributed by atoms with van der Waals surface area (Å²) >= 11 is 0. The summed E-state index contributed by atoms with van der Waals surface area (Å²) in [6.45, 7) is 1.72. The van der Waals surface area contributed by atoms with E-state index >= 15 is 0 Å². The highest BCUT2D eigenvalue weighted by Gasteiger charge is 2.38. The molecule has 0 amide bonds. The Hall–Kier alpha value is -2.93. The number of fused-ring (bicyclic) bond motifs is 3. The fourth-order valence-corrected chi connectivity index (χ4v) is 5.30. The molecule has 0 fully saturated rings. The number of halogens is 2. The number of rotatable bonds is 3. The van der Waals surface area contributed by atoms with Gasteiger partial charge in [-0.15, -0.1) is 0 Å². The topological polar surface area (TPSA) is 46.6 Å². The van der Waals surface area contributed by atoms with E-state index in [9.17, 15) is 17.2 Å². The van der Waals surface area contributed by atoms with Gasteiger partial charge in [0.15, 0.2) is 11.6 Å². The van der Waals surface area contributed by atoms with Gasteiger partial charge in [0.25, 0.3) is 10.0 Å². The number of anilines is 1. The summed E-state index contributed by atoms with van der Waals surface area (Å²) < 4.78 is 62.0. The van der Waals surface area contributed by atoms with Crippen molar-refractivity contribution in [2.24, 2.45) is 0 Å². The summed E-state index contributed by atoms with van der Waals surface area (Å²) in [5, 5.41) is 0. The van der Waals surface area contributed by atoms with Crippen LogP contribution in [0.3, 0.4) is 0 Å². The number of hydrogen-bond acceptors (Lipinski definition) is 3. The Morgan fingerprint density at radius 2 is 1.75 bits per heavy atom. The van der Waals surface area contributed by atoms with Crippen LogP contribution in [0.2, 0.25) is 0 Å². The third kappa shape index (κ3) is 2.65. The Labute approximate surface area is 162 Å². The van der Waals surface area contributed by atoms with Crippen molar-refractivity contribution in [3.05, 3.63) is 77.9 Å². The van der Waals surface area contributed by atoms with Gasteiger partial charge in [0, 0.05) is 11.6 Å². The van der Waals surface area contributed by atoms with Crippen LogP contribution in [0.5, 0.6) is 5.75 Å². The van der Waals surface area contributed by atoms with Crippen LogP contribution < -0.4 is 9.04 Å². The van der Waals surface area contributed by atoms with E-state index in [0.29, 0.717) is 16.9 Å². The molecule has 1 unspecified atom stereocenters. The van der Waals surface area contributed by atoms with E-state index in [1.807, 2.05) is 0 Å². The molecule has 3 aromatic rings. The van der Waals surface area contributed by atoms with Crippen molar-refractivity contribution in [2.75, 3.05) is 11.4 Å². The van der Waals surface area contributed by atoms with Crippen molar-refractivity contribution in [3.63, 3.8) is 0 Å². The molecule has 144 valence electrons. The summed E-state index contributed by atoms with van der Waals surface area (Å²) in [7, 11) is -2.62. The van der Waals surface area contributed by atoms with Crippen LogP contribution in [0.15, 0.2) is 65.6 Å². The first-order valence-electron chi connectivity index (χ1n) is 8.62. The summed E-state index contributed by atoms with van der Waals surface area (Å²) in [6, 6.07) is 14.6. The molecule has 4 rings (SSSR count). The zero-order valence-electron chi connectivity index (χ0n) is 15.2. The van der Waals surface area contributed by atoms with Crippen LogP contribution in [0, 0.1) is 11.6 Å². The molecule has 1 atom stereocenters. The molecule has 0 aromatic heterocycles. The van der Waals surface area contributed by atoms with E-state index in [0.717, 1.165) is 10.4 Å². The summed E-state index contributed by atoms with van der Waals surface area (Å²) in [5.74, 6) is -1.71. The first kappa shape index (κ1) is 18.4. The third-order valence-electron chi connectivity index (χ3n) is 4.94. The molecule has 0 radical (unpaired) electrons. The lowest BCUT2D eigenvalue weighted by Crippen LogP contribution is -2.36. The molecular formula is C21H17F2NO3S. The van der Waals surface area contributed by atoms with Gasteiger partial charge in [0.1, 0.15) is 5.75 Å². The van der Waals surface area contributed by atoms with Gasteiger partial charge >= 0.3 is 0 Å². The maximum atomic E-state index is 14.8. The molecule has 1 aliphatic rings. The second-order valence-corrected chi connectivity index (χ2v) is 8.31. The fourth-order valence-electron chi connectivity index (χ4n) is 3.62. The predicted molar refractivity (Wildman–Crippen MR) is 103 cm³/mol. The monoisotopic (exact) mass is 401 g/mol. The van der Waals surface area contributed by atoms with Gasteiger partial charge in [-0.25, -0.2) is 17.2 Å². The smallest absolute Gasteiger partial charge is 0.265 e.